The molecule has 0 unspecified atom stereocenters. The average Bonchev–Trinajstić information content (AvgIpc) is 3.18. The summed E-state index contributed by atoms with van der Waals surface area (Å²) in [6.45, 7) is 0. The second-order valence-electron chi connectivity index (χ2n) is 7.07. The van der Waals surface area contributed by atoms with Crippen LogP contribution in [0, 0.1) is 0 Å². The first-order valence-electron chi connectivity index (χ1n) is 9.47. The van der Waals surface area contributed by atoms with Crippen molar-refractivity contribution in [2.75, 3.05) is 0 Å². The molecule has 0 spiro atoms. The Labute approximate surface area is 176 Å². The van der Waals surface area contributed by atoms with Gasteiger partial charge in [0.15, 0.2) is 5.78 Å². The van der Waals surface area contributed by atoms with Crippen LogP contribution in [0.4, 0.5) is 0 Å². The molecule has 2 nitrogen and oxygen atoms in total. The van der Waals surface area contributed by atoms with Gasteiger partial charge in [0, 0.05) is 27.4 Å². The molecule has 0 saturated heterocycles. The number of hydrogen-bond acceptors (Lipinski definition) is 2. The molecule has 0 aliphatic heterocycles. The van der Waals surface area contributed by atoms with E-state index in [0.29, 0.717) is 12.0 Å². The Hall–Kier alpha value is -3.17. The molecule has 0 amide bonds. The van der Waals surface area contributed by atoms with Gasteiger partial charge in [0.2, 0.25) is 0 Å². The van der Waals surface area contributed by atoms with Crippen LogP contribution in [0.3, 0.4) is 0 Å². The number of carbonyl (C=O) groups excluding carboxylic acids is 1. The van der Waals surface area contributed by atoms with E-state index in [1.165, 1.54) is 0 Å². The summed E-state index contributed by atoms with van der Waals surface area (Å²) in [5.41, 5.74) is 4.65. The van der Waals surface area contributed by atoms with Crippen LogP contribution >= 0.6 is 15.9 Å². The Kier molecular flexibility index (Phi) is 4.53. The Morgan fingerprint density at radius 3 is 2.31 bits per heavy atom. The maximum absolute atomic E-state index is 13.1. The summed E-state index contributed by atoms with van der Waals surface area (Å²) in [7, 11) is 0. The van der Waals surface area contributed by atoms with Crippen molar-refractivity contribution in [1.82, 2.24) is 0 Å². The van der Waals surface area contributed by atoms with Crippen molar-refractivity contribution in [3.63, 3.8) is 0 Å². The van der Waals surface area contributed by atoms with E-state index < -0.39 is 0 Å². The highest BCUT2D eigenvalue weighted by molar-refractivity contribution is 9.10. The van der Waals surface area contributed by atoms with Crippen LogP contribution in [0.5, 0.6) is 0 Å². The number of furan rings is 1. The van der Waals surface area contributed by atoms with E-state index in [9.17, 15) is 4.79 Å². The Balaban J connectivity index is 1.69. The van der Waals surface area contributed by atoms with E-state index in [1.54, 1.807) is 6.26 Å². The van der Waals surface area contributed by atoms with E-state index in [2.05, 4.69) is 46.3 Å². The number of para-hydroxylation sites is 1. The van der Waals surface area contributed by atoms with E-state index in [0.717, 1.165) is 42.9 Å². The van der Waals surface area contributed by atoms with Crippen molar-refractivity contribution in [2.24, 2.45) is 0 Å². The molecule has 0 aliphatic carbocycles. The molecule has 5 rings (SSSR count). The van der Waals surface area contributed by atoms with Crippen LogP contribution in [0.25, 0.3) is 32.9 Å². The molecule has 140 valence electrons. The van der Waals surface area contributed by atoms with Gasteiger partial charge < -0.3 is 4.42 Å². The second kappa shape index (κ2) is 7.34. The van der Waals surface area contributed by atoms with Crippen LogP contribution in [0.2, 0.25) is 0 Å². The zero-order valence-electron chi connectivity index (χ0n) is 15.6. The summed E-state index contributed by atoms with van der Waals surface area (Å²) in [4.78, 5) is 13.1. The number of benzene rings is 4. The Morgan fingerprint density at radius 1 is 0.759 bits per heavy atom. The van der Waals surface area contributed by atoms with E-state index in [1.807, 2.05) is 54.6 Å². The molecule has 0 N–H and O–H groups in total. The van der Waals surface area contributed by atoms with Crippen LogP contribution in [0.1, 0.15) is 15.9 Å². The van der Waals surface area contributed by atoms with Crippen molar-refractivity contribution in [3.05, 3.63) is 107 Å². The summed E-state index contributed by atoms with van der Waals surface area (Å²) in [6, 6.07) is 28.0. The summed E-state index contributed by atoms with van der Waals surface area (Å²) in [6.07, 6.45) is 2.13. The van der Waals surface area contributed by atoms with Gasteiger partial charge in [-0.1, -0.05) is 82.7 Å². The third-order valence-electron chi connectivity index (χ3n) is 5.32. The molecule has 0 aliphatic rings. The Bertz CT molecular complexity index is 1350. The lowest BCUT2D eigenvalue weighted by molar-refractivity contribution is 0.0993. The first-order chi connectivity index (χ1) is 14.2. The predicted octanol–water partition coefficient (Wildman–Crippen LogP) is 7.44. The van der Waals surface area contributed by atoms with Gasteiger partial charge in [-0.25, -0.2) is 0 Å². The number of fused-ring (bicyclic) bond motifs is 2. The Morgan fingerprint density at radius 2 is 1.48 bits per heavy atom. The van der Waals surface area contributed by atoms with Crippen LogP contribution in [0.15, 0.2) is 100 Å². The second-order valence-corrected chi connectivity index (χ2v) is 7.98. The highest BCUT2D eigenvalue weighted by Gasteiger charge is 2.17. The minimum Gasteiger partial charge on any atom is -0.464 e. The minimum atomic E-state index is 0.0999. The van der Waals surface area contributed by atoms with E-state index in [4.69, 9.17) is 4.42 Å². The molecular weight excluding hydrogens is 424 g/mol. The van der Waals surface area contributed by atoms with Gasteiger partial charge in [0.05, 0.1) is 6.26 Å². The van der Waals surface area contributed by atoms with Crippen LogP contribution in [-0.4, -0.2) is 5.78 Å². The van der Waals surface area contributed by atoms with Crippen molar-refractivity contribution in [1.29, 1.82) is 0 Å². The van der Waals surface area contributed by atoms with Gasteiger partial charge in [-0.3, -0.25) is 4.79 Å². The van der Waals surface area contributed by atoms with Crippen molar-refractivity contribution in [2.45, 2.75) is 6.42 Å². The van der Waals surface area contributed by atoms with Crippen molar-refractivity contribution < 1.29 is 9.21 Å². The van der Waals surface area contributed by atoms with Crippen molar-refractivity contribution in [3.8, 4) is 11.1 Å². The predicted molar refractivity (Wildman–Crippen MR) is 121 cm³/mol. The summed E-state index contributed by atoms with van der Waals surface area (Å²) in [5.74, 6) is 0.0999. The molecule has 1 heterocycles. The van der Waals surface area contributed by atoms with E-state index in [-0.39, 0.29) is 5.78 Å². The molecule has 29 heavy (non-hydrogen) atoms. The molecule has 0 fully saturated rings. The number of hydrogen-bond donors (Lipinski definition) is 0. The fourth-order valence-electron chi connectivity index (χ4n) is 3.86. The van der Waals surface area contributed by atoms with Gasteiger partial charge in [-0.15, -0.1) is 0 Å². The number of Topliss-reactive ketones (excluding diaryl/α,β-unsaturated/α-hetero) is 1. The molecular formula is C26H17BrO2. The SMILES string of the molecule is O=C(Cc1c(-c2coc3ccccc23)ccc2ccccc12)c1ccc(Br)cc1. The molecule has 5 aromatic rings. The lowest BCUT2D eigenvalue weighted by atomic mass is 9.90. The molecule has 0 radical (unpaired) electrons. The van der Waals surface area contributed by atoms with Gasteiger partial charge >= 0.3 is 0 Å². The maximum atomic E-state index is 13.1. The van der Waals surface area contributed by atoms with Gasteiger partial charge in [0.25, 0.3) is 0 Å². The molecule has 4 aromatic carbocycles. The third-order valence-corrected chi connectivity index (χ3v) is 5.84. The van der Waals surface area contributed by atoms with Gasteiger partial charge in [-0.05, 0) is 40.1 Å². The average molecular weight is 441 g/mol. The number of halogens is 1. The summed E-state index contributed by atoms with van der Waals surface area (Å²) in [5, 5.41) is 3.28. The summed E-state index contributed by atoms with van der Waals surface area (Å²) >= 11 is 3.43. The molecule has 3 heteroatoms. The monoisotopic (exact) mass is 440 g/mol. The quantitative estimate of drug-likeness (QED) is 0.271. The van der Waals surface area contributed by atoms with E-state index >= 15 is 0 Å². The first kappa shape index (κ1) is 17.9. The zero-order chi connectivity index (χ0) is 19.8. The highest BCUT2D eigenvalue weighted by Crippen LogP contribution is 2.36. The maximum Gasteiger partial charge on any atom is 0.167 e. The largest absolute Gasteiger partial charge is 0.464 e. The lowest BCUT2D eigenvalue weighted by Crippen LogP contribution is -2.05. The third kappa shape index (κ3) is 3.28. The topological polar surface area (TPSA) is 30.2 Å². The molecule has 0 atom stereocenters. The van der Waals surface area contributed by atoms with Crippen LogP contribution < -0.4 is 0 Å². The lowest BCUT2D eigenvalue weighted by Gasteiger charge is -2.13. The van der Waals surface area contributed by atoms with Gasteiger partial charge in [-0.2, -0.15) is 0 Å². The standard InChI is InChI=1S/C26H17BrO2/c27-19-12-9-18(10-13-19)25(28)15-23-20-6-2-1-5-17(20)11-14-21(23)24-16-29-26-8-4-3-7-22(24)26/h1-14,16H,15H2. The molecule has 0 bridgehead atoms. The fourth-order valence-corrected chi connectivity index (χ4v) is 4.13. The molecule has 0 saturated carbocycles. The highest BCUT2D eigenvalue weighted by atomic mass is 79.9. The smallest absolute Gasteiger partial charge is 0.167 e. The van der Waals surface area contributed by atoms with Crippen molar-refractivity contribution >= 4 is 43.5 Å². The number of carbonyl (C=O) groups is 1. The first-order valence-corrected chi connectivity index (χ1v) is 10.3. The van der Waals surface area contributed by atoms with Gasteiger partial charge in [0.1, 0.15) is 5.58 Å². The normalized spacial score (nSPS) is 11.2. The van der Waals surface area contributed by atoms with Crippen LogP contribution in [-0.2, 0) is 6.42 Å². The number of rotatable bonds is 4. The molecule has 1 aromatic heterocycles. The zero-order valence-corrected chi connectivity index (χ0v) is 17.1. The number of ketones is 1. The fraction of sp³-hybridized carbons (Fsp3) is 0.0385. The summed E-state index contributed by atoms with van der Waals surface area (Å²) < 4.78 is 6.75. The minimum absolute atomic E-state index is 0.0999.